The van der Waals surface area contributed by atoms with Crippen molar-refractivity contribution in [1.29, 1.82) is 0 Å². The first-order valence-corrected chi connectivity index (χ1v) is 7.99. The second-order valence-electron chi connectivity index (χ2n) is 7.34. The Morgan fingerprint density at radius 3 is 2.19 bits per heavy atom. The van der Waals surface area contributed by atoms with Crippen molar-refractivity contribution >= 4 is 11.6 Å². The molecule has 1 aromatic heterocycles. The Hall–Kier alpha value is -1.32. The zero-order valence-corrected chi connectivity index (χ0v) is 15.0. The van der Waals surface area contributed by atoms with Crippen LogP contribution in [0.4, 0.5) is 11.6 Å². The Morgan fingerprint density at radius 2 is 1.71 bits per heavy atom. The quantitative estimate of drug-likeness (QED) is 0.852. The van der Waals surface area contributed by atoms with Crippen LogP contribution in [0.15, 0.2) is 6.07 Å². The molecule has 0 aliphatic carbocycles. The van der Waals surface area contributed by atoms with Gasteiger partial charge in [-0.25, -0.2) is 9.97 Å². The van der Waals surface area contributed by atoms with Crippen molar-refractivity contribution in [2.75, 3.05) is 23.8 Å². The minimum absolute atomic E-state index is 0.0597. The summed E-state index contributed by atoms with van der Waals surface area (Å²) >= 11 is 0. The largest absolute Gasteiger partial charge is 0.370 e. The molecule has 1 rings (SSSR count). The maximum absolute atomic E-state index is 4.80. The number of hydrogen-bond donors (Lipinski definition) is 1. The third kappa shape index (κ3) is 4.58. The highest BCUT2D eigenvalue weighted by atomic mass is 15.2. The monoisotopic (exact) mass is 292 g/mol. The van der Waals surface area contributed by atoms with E-state index in [-0.39, 0.29) is 11.0 Å². The minimum atomic E-state index is -0.0597. The first-order chi connectivity index (χ1) is 9.61. The van der Waals surface area contributed by atoms with Gasteiger partial charge < -0.3 is 10.2 Å². The average Bonchev–Trinajstić information content (AvgIpc) is 2.42. The highest BCUT2D eigenvalue weighted by Gasteiger charge is 2.25. The van der Waals surface area contributed by atoms with Gasteiger partial charge in [0.25, 0.3) is 0 Å². The van der Waals surface area contributed by atoms with Gasteiger partial charge in [0, 0.05) is 30.6 Å². The third-order valence-corrected chi connectivity index (χ3v) is 4.06. The molecule has 0 radical (unpaired) electrons. The maximum atomic E-state index is 4.80. The smallest absolute Gasteiger partial charge is 0.138 e. The number of aromatic nitrogens is 2. The van der Waals surface area contributed by atoms with Gasteiger partial charge in [0.1, 0.15) is 17.5 Å². The van der Waals surface area contributed by atoms with Crippen LogP contribution in [-0.4, -0.2) is 29.1 Å². The predicted octanol–water partition coefficient (Wildman–Crippen LogP) is 4.22. The van der Waals surface area contributed by atoms with Crippen molar-refractivity contribution in [3.8, 4) is 0 Å². The average molecular weight is 292 g/mol. The Labute approximate surface area is 130 Å². The second-order valence-corrected chi connectivity index (χ2v) is 7.34. The molecule has 0 aromatic carbocycles. The van der Waals surface area contributed by atoms with Crippen molar-refractivity contribution in [2.45, 2.75) is 72.3 Å². The molecule has 0 bridgehead atoms. The molecule has 21 heavy (non-hydrogen) atoms. The van der Waals surface area contributed by atoms with Gasteiger partial charge in [-0.15, -0.1) is 0 Å². The number of anilines is 2. The van der Waals surface area contributed by atoms with Crippen LogP contribution >= 0.6 is 0 Å². The van der Waals surface area contributed by atoms with E-state index in [1.54, 1.807) is 0 Å². The van der Waals surface area contributed by atoms with Gasteiger partial charge in [0.2, 0.25) is 0 Å². The molecule has 0 saturated carbocycles. The van der Waals surface area contributed by atoms with E-state index in [4.69, 9.17) is 4.98 Å². The first-order valence-electron chi connectivity index (χ1n) is 7.99. The maximum Gasteiger partial charge on any atom is 0.138 e. The summed E-state index contributed by atoms with van der Waals surface area (Å²) in [6.07, 6.45) is 2.15. The van der Waals surface area contributed by atoms with Crippen LogP contribution in [0.5, 0.6) is 0 Å². The van der Waals surface area contributed by atoms with Gasteiger partial charge in [0.05, 0.1) is 0 Å². The topological polar surface area (TPSA) is 41.0 Å². The van der Waals surface area contributed by atoms with Crippen molar-refractivity contribution < 1.29 is 0 Å². The van der Waals surface area contributed by atoms with E-state index in [2.05, 4.69) is 76.8 Å². The lowest BCUT2D eigenvalue weighted by Gasteiger charge is -2.36. The van der Waals surface area contributed by atoms with Crippen LogP contribution in [0, 0.1) is 0 Å². The minimum Gasteiger partial charge on any atom is -0.370 e. The molecule has 1 N–H and O–H groups in total. The number of nitrogens with zero attached hydrogens (tertiary/aromatic N) is 3. The summed E-state index contributed by atoms with van der Waals surface area (Å²) in [6, 6.07) is 2.06. The van der Waals surface area contributed by atoms with Crippen LogP contribution < -0.4 is 10.2 Å². The van der Waals surface area contributed by atoms with E-state index in [0.717, 1.165) is 36.8 Å². The summed E-state index contributed by atoms with van der Waals surface area (Å²) in [6.45, 7) is 16.2. The molecule has 1 heterocycles. The Bertz CT molecular complexity index is 460. The zero-order valence-electron chi connectivity index (χ0n) is 15.0. The van der Waals surface area contributed by atoms with E-state index < -0.39 is 0 Å². The Kier molecular flexibility index (Phi) is 5.60. The summed E-state index contributed by atoms with van der Waals surface area (Å²) in [5.74, 6) is 2.79. The van der Waals surface area contributed by atoms with E-state index in [1.165, 1.54) is 0 Å². The normalized spacial score (nSPS) is 12.4. The fraction of sp³-hybridized carbons (Fsp3) is 0.765. The molecule has 0 aliphatic heterocycles. The summed E-state index contributed by atoms with van der Waals surface area (Å²) in [5, 5.41) is 3.39. The van der Waals surface area contributed by atoms with E-state index in [0.29, 0.717) is 0 Å². The van der Waals surface area contributed by atoms with Crippen LogP contribution in [0.1, 0.15) is 67.1 Å². The molecule has 0 fully saturated rings. The molecule has 0 unspecified atom stereocenters. The number of rotatable bonds is 6. The zero-order chi connectivity index (χ0) is 16.3. The Morgan fingerprint density at radius 1 is 1.10 bits per heavy atom. The SMILES string of the molecule is CCCNc1cc(N(C)C(C)(C)CC)nc(C(C)(C)C)n1. The van der Waals surface area contributed by atoms with Gasteiger partial charge >= 0.3 is 0 Å². The summed E-state index contributed by atoms with van der Waals surface area (Å²) in [4.78, 5) is 11.7. The number of nitrogens with one attached hydrogen (secondary N) is 1. The highest BCUT2D eigenvalue weighted by Crippen LogP contribution is 2.28. The predicted molar refractivity (Wildman–Crippen MR) is 92.3 cm³/mol. The molecule has 0 aliphatic rings. The van der Waals surface area contributed by atoms with Crippen LogP contribution in [0.3, 0.4) is 0 Å². The molecular weight excluding hydrogens is 260 g/mol. The molecule has 0 saturated heterocycles. The molecule has 1 aromatic rings. The summed E-state index contributed by atoms with van der Waals surface area (Å²) in [7, 11) is 2.11. The molecular formula is C17H32N4. The summed E-state index contributed by atoms with van der Waals surface area (Å²) in [5.41, 5.74) is 0.0153. The van der Waals surface area contributed by atoms with Gasteiger partial charge in [0.15, 0.2) is 0 Å². The van der Waals surface area contributed by atoms with Gasteiger partial charge in [-0.2, -0.15) is 0 Å². The lowest BCUT2D eigenvalue weighted by Crippen LogP contribution is -2.41. The fourth-order valence-corrected chi connectivity index (χ4v) is 1.83. The van der Waals surface area contributed by atoms with Crippen molar-refractivity contribution in [1.82, 2.24) is 9.97 Å². The van der Waals surface area contributed by atoms with Crippen molar-refractivity contribution in [3.05, 3.63) is 11.9 Å². The molecule has 0 spiro atoms. The molecule has 120 valence electrons. The first kappa shape index (κ1) is 17.7. The number of hydrogen-bond acceptors (Lipinski definition) is 4. The van der Waals surface area contributed by atoms with Crippen molar-refractivity contribution in [2.24, 2.45) is 0 Å². The molecule has 4 heteroatoms. The standard InChI is InChI=1S/C17H32N4/c1-9-11-18-13-12-14(21(8)17(6,7)10-2)20-15(19-13)16(3,4)5/h12H,9-11H2,1-8H3,(H,18,19,20). The van der Waals surface area contributed by atoms with Crippen molar-refractivity contribution in [3.63, 3.8) is 0 Å². The second kappa shape index (κ2) is 6.63. The molecule has 0 amide bonds. The van der Waals surface area contributed by atoms with Gasteiger partial charge in [-0.05, 0) is 26.7 Å². The lowest BCUT2D eigenvalue weighted by atomic mass is 9.95. The summed E-state index contributed by atoms with van der Waals surface area (Å²) < 4.78 is 0. The van der Waals surface area contributed by atoms with Crippen LogP contribution in [0.25, 0.3) is 0 Å². The van der Waals surface area contributed by atoms with E-state index in [1.807, 2.05) is 0 Å². The van der Waals surface area contributed by atoms with E-state index in [9.17, 15) is 0 Å². The van der Waals surface area contributed by atoms with Crippen LogP contribution in [-0.2, 0) is 5.41 Å². The lowest BCUT2D eigenvalue weighted by molar-refractivity contribution is 0.463. The van der Waals surface area contributed by atoms with Gasteiger partial charge in [-0.3, -0.25) is 0 Å². The van der Waals surface area contributed by atoms with Gasteiger partial charge in [-0.1, -0.05) is 34.6 Å². The highest BCUT2D eigenvalue weighted by molar-refractivity contribution is 5.51. The Balaban J connectivity index is 3.24. The molecule has 0 atom stereocenters. The van der Waals surface area contributed by atoms with E-state index >= 15 is 0 Å². The molecule has 4 nitrogen and oxygen atoms in total. The third-order valence-electron chi connectivity index (χ3n) is 4.06. The fourth-order valence-electron chi connectivity index (χ4n) is 1.83. The van der Waals surface area contributed by atoms with Crippen LogP contribution in [0.2, 0.25) is 0 Å².